The Balaban J connectivity index is 1.94. The van der Waals surface area contributed by atoms with Gasteiger partial charge in [-0.3, -0.25) is 0 Å². The van der Waals surface area contributed by atoms with Crippen LogP contribution in [-0.2, 0) is 0 Å². The molecule has 0 aromatic heterocycles. The summed E-state index contributed by atoms with van der Waals surface area (Å²) in [5.41, 5.74) is 1.07. The number of anilines is 1. The zero-order valence-corrected chi connectivity index (χ0v) is 12.3. The third kappa shape index (κ3) is 3.78. The van der Waals surface area contributed by atoms with Gasteiger partial charge in [0, 0.05) is 18.3 Å². The van der Waals surface area contributed by atoms with Crippen LogP contribution in [0.5, 0.6) is 0 Å². The summed E-state index contributed by atoms with van der Waals surface area (Å²) in [6.07, 6.45) is 3.66. The van der Waals surface area contributed by atoms with Crippen molar-refractivity contribution in [1.29, 1.82) is 0 Å². The van der Waals surface area contributed by atoms with Crippen molar-refractivity contribution >= 4 is 28.9 Å². The van der Waals surface area contributed by atoms with Crippen LogP contribution in [0.1, 0.15) is 26.2 Å². The van der Waals surface area contributed by atoms with E-state index in [1.807, 2.05) is 18.2 Å². The Hall–Kier alpha value is -0.440. The van der Waals surface area contributed by atoms with Crippen LogP contribution in [0.3, 0.4) is 0 Å². The number of rotatable bonds is 3. The second-order valence-electron chi connectivity index (χ2n) is 4.84. The fraction of sp³-hybridized carbons (Fsp3) is 0.571. The van der Waals surface area contributed by atoms with E-state index in [0.717, 1.165) is 12.2 Å². The molecule has 1 aromatic carbocycles. The highest BCUT2D eigenvalue weighted by Gasteiger charge is 2.15. The molecule has 1 atom stereocenters. The van der Waals surface area contributed by atoms with E-state index >= 15 is 0 Å². The highest BCUT2D eigenvalue weighted by atomic mass is 35.5. The summed E-state index contributed by atoms with van der Waals surface area (Å²) in [5.74, 6) is 0. The number of hydrogen-bond acceptors (Lipinski definition) is 2. The van der Waals surface area contributed by atoms with E-state index in [0.29, 0.717) is 16.1 Å². The van der Waals surface area contributed by atoms with Crippen molar-refractivity contribution < 1.29 is 0 Å². The summed E-state index contributed by atoms with van der Waals surface area (Å²) < 4.78 is 0. The quantitative estimate of drug-likeness (QED) is 0.892. The Morgan fingerprint density at radius 2 is 2.06 bits per heavy atom. The maximum atomic E-state index is 6.03. The van der Waals surface area contributed by atoms with Gasteiger partial charge in [0.1, 0.15) is 0 Å². The molecule has 1 N–H and O–H groups in total. The number of likely N-dealkylation sites (tertiary alicyclic amines) is 1. The largest absolute Gasteiger partial charge is 0.382 e. The third-order valence-corrected chi connectivity index (χ3v) is 4.30. The van der Waals surface area contributed by atoms with Crippen molar-refractivity contribution in [2.24, 2.45) is 0 Å². The molecule has 0 saturated carbocycles. The van der Waals surface area contributed by atoms with E-state index in [1.165, 1.54) is 32.4 Å². The van der Waals surface area contributed by atoms with Gasteiger partial charge in [-0.2, -0.15) is 0 Å². The molecule has 0 spiro atoms. The van der Waals surface area contributed by atoms with Crippen LogP contribution in [0.2, 0.25) is 10.0 Å². The molecule has 1 aromatic rings. The maximum Gasteiger partial charge on any atom is 0.0612 e. The van der Waals surface area contributed by atoms with E-state index in [-0.39, 0.29) is 0 Å². The second-order valence-corrected chi connectivity index (χ2v) is 5.65. The average molecular weight is 287 g/mol. The summed E-state index contributed by atoms with van der Waals surface area (Å²) in [5, 5.41) is 4.79. The molecule has 18 heavy (non-hydrogen) atoms. The Labute approximate surface area is 119 Å². The molecule has 100 valence electrons. The fourth-order valence-electron chi connectivity index (χ4n) is 2.44. The fourth-order valence-corrected chi connectivity index (χ4v) is 2.74. The monoisotopic (exact) mass is 286 g/mol. The van der Waals surface area contributed by atoms with Gasteiger partial charge in [0.25, 0.3) is 0 Å². The van der Waals surface area contributed by atoms with Gasteiger partial charge in [-0.15, -0.1) is 0 Å². The summed E-state index contributed by atoms with van der Waals surface area (Å²) in [7, 11) is 0. The molecule has 1 fully saturated rings. The summed E-state index contributed by atoms with van der Waals surface area (Å²) >= 11 is 12.0. The Morgan fingerprint density at radius 3 is 2.78 bits per heavy atom. The number of hydrogen-bond donors (Lipinski definition) is 1. The first kappa shape index (κ1) is 14.0. The molecule has 2 nitrogen and oxygen atoms in total. The van der Waals surface area contributed by atoms with Crippen LogP contribution in [-0.4, -0.2) is 30.6 Å². The first-order chi connectivity index (χ1) is 8.69. The Bertz CT molecular complexity index is 395. The normalized spacial score (nSPS) is 21.6. The summed E-state index contributed by atoms with van der Waals surface area (Å²) in [6, 6.07) is 6.29. The van der Waals surface area contributed by atoms with Crippen LogP contribution in [0.25, 0.3) is 0 Å². The van der Waals surface area contributed by atoms with Gasteiger partial charge in [0.2, 0.25) is 0 Å². The predicted molar refractivity (Wildman–Crippen MR) is 79.8 cm³/mol. The smallest absolute Gasteiger partial charge is 0.0612 e. The van der Waals surface area contributed by atoms with Crippen LogP contribution in [0.15, 0.2) is 18.2 Å². The lowest BCUT2D eigenvalue weighted by molar-refractivity contribution is 0.300. The van der Waals surface area contributed by atoms with Gasteiger partial charge in [0.05, 0.1) is 10.0 Å². The van der Waals surface area contributed by atoms with Crippen molar-refractivity contribution in [3.8, 4) is 0 Å². The van der Waals surface area contributed by atoms with Crippen molar-refractivity contribution in [2.75, 3.05) is 25.0 Å². The highest BCUT2D eigenvalue weighted by Crippen LogP contribution is 2.26. The van der Waals surface area contributed by atoms with E-state index in [1.54, 1.807) is 0 Å². The van der Waals surface area contributed by atoms with Gasteiger partial charge in [-0.1, -0.05) is 30.1 Å². The van der Waals surface area contributed by atoms with Crippen molar-refractivity contribution in [3.63, 3.8) is 0 Å². The lowest BCUT2D eigenvalue weighted by Crippen LogP contribution is -2.26. The van der Waals surface area contributed by atoms with Gasteiger partial charge in [-0.25, -0.2) is 0 Å². The standard InChI is InChI=1S/C14H20Cl2N2/c1-2-18-8-3-4-11(7-9-18)17-12-5-6-13(15)14(16)10-12/h5-6,10-11,17H,2-4,7-9H2,1H3. The number of benzene rings is 1. The van der Waals surface area contributed by atoms with Gasteiger partial charge >= 0.3 is 0 Å². The molecular formula is C14H20Cl2N2. The zero-order valence-electron chi connectivity index (χ0n) is 10.8. The average Bonchev–Trinajstić information content (AvgIpc) is 2.59. The van der Waals surface area contributed by atoms with Gasteiger partial charge < -0.3 is 10.2 Å². The molecule has 0 aliphatic carbocycles. The molecule has 0 radical (unpaired) electrons. The minimum absolute atomic E-state index is 0.541. The van der Waals surface area contributed by atoms with Crippen LogP contribution >= 0.6 is 23.2 Å². The maximum absolute atomic E-state index is 6.03. The first-order valence-corrected chi connectivity index (χ1v) is 7.38. The zero-order chi connectivity index (χ0) is 13.0. The molecule has 0 bridgehead atoms. The minimum atomic E-state index is 0.541. The van der Waals surface area contributed by atoms with E-state index < -0.39 is 0 Å². The number of nitrogens with one attached hydrogen (secondary N) is 1. The second kappa shape index (κ2) is 6.65. The molecule has 1 heterocycles. The van der Waals surface area contributed by atoms with Crippen LogP contribution < -0.4 is 5.32 Å². The third-order valence-electron chi connectivity index (χ3n) is 3.56. The number of halogens is 2. The molecule has 1 saturated heterocycles. The molecule has 1 aliphatic rings. The Kier molecular flexibility index (Phi) is 5.16. The van der Waals surface area contributed by atoms with Crippen LogP contribution in [0, 0.1) is 0 Å². The van der Waals surface area contributed by atoms with E-state index in [9.17, 15) is 0 Å². The summed E-state index contributed by atoms with van der Waals surface area (Å²) in [6.45, 7) is 5.78. The molecule has 1 unspecified atom stereocenters. The van der Waals surface area contributed by atoms with Crippen molar-refractivity contribution in [3.05, 3.63) is 28.2 Å². The topological polar surface area (TPSA) is 15.3 Å². The SMILES string of the molecule is CCN1CCCC(Nc2ccc(Cl)c(Cl)c2)CC1. The van der Waals surface area contributed by atoms with Crippen LogP contribution in [0.4, 0.5) is 5.69 Å². The summed E-state index contributed by atoms with van der Waals surface area (Å²) in [4.78, 5) is 2.51. The molecule has 4 heteroatoms. The van der Waals surface area contributed by atoms with E-state index in [2.05, 4.69) is 17.1 Å². The molecular weight excluding hydrogens is 267 g/mol. The molecule has 0 amide bonds. The van der Waals surface area contributed by atoms with E-state index in [4.69, 9.17) is 23.2 Å². The highest BCUT2D eigenvalue weighted by molar-refractivity contribution is 6.42. The number of nitrogens with zero attached hydrogens (tertiary/aromatic N) is 1. The molecule has 1 aliphatic heterocycles. The van der Waals surface area contributed by atoms with Crippen molar-refractivity contribution in [2.45, 2.75) is 32.2 Å². The minimum Gasteiger partial charge on any atom is -0.382 e. The molecule has 2 rings (SSSR count). The lowest BCUT2D eigenvalue weighted by Gasteiger charge is -2.19. The van der Waals surface area contributed by atoms with Crippen molar-refractivity contribution in [1.82, 2.24) is 4.90 Å². The van der Waals surface area contributed by atoms with Gasteiger partial charge in [-0.05, 0) is 50.6 Å². The predicted octanol–water partition coefficient (Wildman–Crippen LogP) is 4.28. The first-order valence-electron chi connectivity index (χ1n) is 6.63. The Morgan fingerprint density at radius 1 is 1.22 bits per heavy atom. The lowest BCUT2D eigenvalue weighted by atomic mass is 10.1. The van der Waals surface area contributed by atoms with Gasteiger partial charge in [0.15, 0.2) is 0 Å².